The number of anilines is 3. The second kappa shape index (κ2) is 9.11. The summed E-state index contributed by atoms with van der Waals surface area (Å²) in [4.78, 5) is 25.3. The van der Waals surface area contributed by atoms with E-state index in [1.165, 1.54) is 5.56 Å². The SMILES string of the molecule is Cc1ccc(N(C)C(=O)N[C@H]2CC[C@@H](Nc3ncc(C)c(N(C)C)n3)CC2)cc1. The molecule has 2 N–H and O–H groups in total. The van der Waals surface area contributed by atoms with E-state index in [0.717, 1.165) is 42.8 Å². The minimum absolute atomic E-state index is 0.0530. The zero-order valence-electron chi connectivity index (χ0n) is 18.1. The summed E-state index contributed by atoms with van der Waals surface area (Å²) in [5.74, 6) is 1.61. The third kappa shape index (κ3) is 5.37. The van der Waals surface area contributed by atoms with Gasteiger partial charge in [0.2, 0.25) is 5.95 Å². The highest BCUT2D eigenvalue weighted by molar-refractivity contribution is 5.91. The maximum atomic E-state index is 12.6. The summed E-state index contributed by atoms with van der Waals surface area (Å²) >= 11 is 0. The second-order valence-electron chi connectivity index (χ2n) is 8.13. The molecule has 0 spiro atoms. The van der Waals surface area contributed by atoms with Crippen LogP contribution in [0.1, 0.15) is 36.8 Å². The van der Waals surface area contributed by atoms with Gasteiger partial charge in [-0.25, -0.2) is 9.78 Å². The van der Waals surface area contributed by atoms with E-state index in [-0.39, 0.29) is 12.1 Å². The van der Waals surface area contributed by atoms with Crippen LogP contribution in [0.15, 0.2) is 30.5 Å². The van der Waals surface area contributed by atoms with Crippen molar-refractivity contribution in [2.24, 2.45) is 0 Å². The van der Waals surface area contributed by atoms with E-state index in [2.05, 4.69) is 20.6 Å². The highest BCUT2D eigenvalue weighted by atomic mass is 16.2. The van der Waals surface area contributed by atoms with Gasteiger partial charge >= 0.3 is 6.03 Å². The zero-order chi connectivity index (χ0) is 21.0. The number of rotatable bonds is 5. The van der Waals surface area contributed by atoms with Gasteiger partial charge in [0.25, 0.3) is 0 Å². The summed E-state index contributed by atoms with van der Waals surface area (Å²) < 4.78 is 0. The van der Waals surface area contributed by atoms with Crippen molar-refractivity contribution in [3.63, 3.8) is 0 Å². The fourth-order valence-corrected chi connectivity index (χ4v) is 3.68. The predicted octanol–water partition coefficient (Wildman–Crippen LogP) is 3.73. The van der Waals surface area contributed by atoms with Gasteiger partial charge in [0, 0.05) is 50.7 Å². The summed E-state index contributed by atoms with van der Waals surface area (Å²) in [6, 6.07) is 8.46. The monoisotopic (exact) mass is 396 g/mol. The van der Waals surface area contributed by atoms with Crippen molar-refractivity contribution in [2.45, 2.75) is 51.6 Å². The molecule has 29 heavy (non-hydrogen) atoms. The Morgan fingerprint density at radius 2 is 1.62 bits per heavy atom. The average molecular weight is 397 g/mol. The van der Waals surface area contributed by atoms with Gasteiger partial charge in [-0.1, -0.05) is 17.7 Å². The second-order valence-corrected chi connectivity index (χ2v) is 8.13. The Hall–Kier alpha value is -2.83. The molecule has 1 aromatic heterocycles. The predicted molar refractivity (Wildman–Crippen MR) is 119 cm³/mol. The topological polar surface area (TPSA) is 73.4 Å². The summed E-state index contributed by atoms with van der Waals surface area (Å²) in [5, 5.41) is 6.63. The number of aromatic nitrogens is 2. The van der Waals surface area contributed by atoms with E-state index in [1.54, 1.807) is 4.90 Å². The van der Waals surface area contributed by atoms with E-state index in [1.807, 2.05) is 70.4 Å². The molecule has 1 heterocycles. The molecule has 0 atom stereocenters. The van der Waals surface area contributed by atoms with Gasteiger partial charge in [-0.05, 0) is 51.7 Å². The van der Waals surface area contributed by atoms with E-state index in [9.17, 15) is 4.79 Å². The first-order chi connectivity index (χ1) is 13.8. The Bertz CT molecular complexity index is 828. The standard InChI is InChI=1S/C22H32N6O/c1-15-6-12-19(13-7-15)28(5)22(29)25-18-10-8-17(9-11-18)24-21-23-14-16(2)20(26-21)27(3)4/h6-7,12-14,17-18H,8-11H2,1-5H3,(H,25,29)(H,23,24,26)/t17-,18+. The maximum Gasteiger partial charge on any atom is 0.321 e. The molecule has 156 valence electrons. The van der Waals surface area contributed by atoms with E-state index in [4.69, 9.17) is 0 Å². The van der Waals surface area contributed by atoms with Crippen LogP contribution in [0.3, 0.4) is 0 Å². The highest BCUT2D eigenvalue weighted by Gasteiger charge is 2.24. The van der Waals surface area contributed by atoms with Crippen LogP contribution in [-0.4, -0.2) is 49.2 Å². The highest BCUT2D eigenvalue weighted by Crippen LogP contribution is 2.23. The molecule has 0 saturated heterocycles. The summed E-state index contributed by atoms with van der Waals surface area (Å²) in [6.45, 7) is 4.06. The van der Waals surface area contributed by atoms with Crippen molar-refractivity contribution >= 4 is 23.5 Å². The number of hydrogen-bond donors (Lipinski definition) is 2. The number of amides is 2. The molecule has 7 nitrogen and oxygen atoms in total. The first-order valence-corrected chi connectivity index (χ1v) is 10.2. The molecule has 1 aromatic carbocycles. The van der Waals surface area contributed by atoms with Crippen LogP contribution in [0.4, 0.5) is 22.2 Å². The third-order valence-electron chi connectivity index (χ3n) is 5.48. The van der Waals surface area contributed by atoms with Crippen molar-refractivity contribution < 1.29 is 4.79 Å². The lowest BCUT2D eigenvalue weighted by Crippen LogP contribution is -2.45. The van der Waals surface area contributed by atoms with Gasteiger partial charge in [0.05, 0.1) is 0 Å². The Morgan fingerprint density at radius 3 is 2.24 bits per heavy atom. The van der Waals surface area contributed by atoms with Gasteiger partial charge in [-0.15, -0.1) is 0 Å². The molecule has 0 aliphatic heterocycles. The van der Waals surface area contributed by atoms with E-state index in [0.29, 0.717) is 12.0 Å². The molecule has 3 rings (SSSR count). The van der Waals surface area contributed by atoms with E-state index < -0.39 is 0 Å². The fourth-order valence-electron chi connectivity index (χ4n) is 3.68. The van der Waals surface area contributed by atoms with Crippen LogP contribution in [-0.2, 0) is 0 Å². The van der Waals surface area contributed by atoms with Crippen LogP contribution < -0.4 is 20.4 Å². The number of nitrogens with zero attached hydrogens (tertiary/aromatic N) is 4. The number of carbonyl (C=O) groups excluding carboxylic acids is 1. The van der Waals surface area contributed by atoms with Crippen LogP contribution in [0.25, 0.3) is 0 Å². The van der Waals surface area contributed by atoms with Crippen molar-refractivity contribution in [2.75, 3.05) is 36.3 Å². The molecule has 1 aliphatic carbocycles. The molecule has 2 aromatic rings. The summed E-state index contributed by atoms with van der Waals surface area (Å²) in [5.41, 5.74) is 3.14. The first-order valence-electron chi connectivity index (χ1n) is 10.2. The van der Waals surface area contributed by atoms with Crippen LogP contribution in [0.2, 0.25) is 0 Å². The molecule has 7 heteroatoms. The number of carbonyl (C=O) groups is 1. The van der Waals surface area contributed by atoms with E-state index >= 15 is 0 Å². The molecule has 2 amide bonds. The lowest BCUT2D eigenvalue weighted by Gasteiger charge is -2.31. The van der Waals surface area contributed by atoms with Crippen molar-refractivity contribution in [1.29, 1.82) is 0 Å². The van der Waals surface area contributed by atoms with Crippen molar-refractivity contribution in [3.8, 4) is 0 Å². The minimum Gasteiger partial charge on any atom is -0.362 e. The third-order valence-corrected chi connectivity index (χ3v) is 5.48. The minimum atomic E-state index is -0.0530. The number of nitrogens with one attached hydrogen (secondary N) is 2. The van der Waals surface area contributed by atoms with Gasteiger partial charge in [0.1, 0.15) is 5.82 Å². The Balaban J connectivity index is 1.49. The lowest BCUT2D eigenvalue weighted by atomic mass is 9.91. The number of hydrogen-bond acceptors (Lipinski definition) is 5. The van der Waals surface area contributed by atoms with Gasteiger partial charge < -0.3 is 15.5 Å². The maximum absolute atomic E-state index is 12.6. The largest absolute Gasteiger partial charge is 0.362 e. The summed E-state index contributed by atoms with van der Waals surface area (Å²) in [6.07, 6.45) is 5.70. The molecule has 1 fully saturated rings. The Morgan fingerprint density at radius 1 is 1.00 bits per heavy atom. The number of urea groups is 1. The molecular weight excluding hydrogens is 364 g/mol. The number of aryl methyl sites for hydroxylation is 2. The quantitative estimate of drug-likeness (QED) is 0.806. The van der Waals surface area contributed by atoms with Gasteiger partial charge in [-0.2, -0.15) is 4.98 Å². The first kappa shape index (κ1) is 20.9. The van der Waals surface area contributed by atoms with Crippen LogP contribution >= 0.6 is 0 Å². The molecule has 1 aliphatic rings. The zero-order valence-corrected chi connectivity index (χ0v) is 18.1. The molecular formula is C22H32N6O. The van der Waals surface area contributed by atoms with Gasteiger partial charge in [0.15, 0.2) is 0 Å². The van der Waals surface area contributed by atoms with Crippen molar-refractivity contribution in [3.05, 3.63) is 41.6 Å². The molecule has 0 radical (unpaired) electrons. The lowest BCUT2D eigenvalue weighted by molar-refractivity contribution is 0.238. The molecule has 1 saturated carbocycles. The molecule has 0 unspecified atom stereocenters. The smallest absolute Gasteiger partial charge is 0.321 e. The Kier molecular flexibility index (Phi) is 6.56. The van der Waals surface area contributed by atoms with Gasteiger partial charge in [-0.3, -0.25) is 4.90 Å². The summed E-state index contributed by atoms with van der Waals surface area (Å²) in [7, 11) is 5.78. The Labute approximate surface area is 173 Å². The van der Waals surface area contributed by atoms with Crippen molar-refractivity contribution in [1.82, 2.24) is 15.3 Å². The normalized spacial score (nSPS) is 18.8. The fraction of sp³-hybridized carbons (Fsp3) is 0.500. The molecule has 0 bridgehead atoms. The average Bonchev–Trinajstić information content (AvgIpc) is 2.70. The van der Waals surface area contributed by atoms with Crippen LogP contribution in [0, 0.1) is 13.8 Å². The van der Waals surface area contributed by atoms with Crippen LogP contribution in [0.5, 0.6) is 0 Å². The number of benzene rings is 1.